The van der Waals surface area contributed by atoms with Crippen LogP contribution in [-0.2, 0) is 10.0 Å². The van der Waals surface area contributed by atoms with E-state index < -0.39 is 10.0 Å². The van der Waals surface area contributed by atoms with Crippen molar-refractivity contribution < 1.29 is 8.42 Å². The standard InChI is InChI=1S/C11H19N3O2S2/c1-4-12-11-9-10(5-6-13-11)18(15,16)14(2)7-8-17-3/h5-6,9H,4,7-8H2,1-3H3,(H,12,13). The Hall–Kier alpha value is -0.790. The van der Waals surface area contributed by atoms with Crippen LogP contribution in [0.5, 0.6) is 0 Å². The van der Waals surface area contributed by atoms with Crippen molar-refractivity contribution in [3.63, 3.8) is 0 Å². The molecule has 1 rings (SSSR count). The maximum Gasteiger partial charge on any atom is 0.243 e. The van der Waals surface area contributed by atoms with Crippen LogP contribution in [0.4, 0.5) is 5.82 Å². The summed E-state index contributed by atoms with van der Waals surface area (Å²) in [6.07, 6.45) is 3.46. The predicted octanol–water partition coefficient (Wildman–Crippen LogP) is 1.50. The summed E-state index contributed by atoms with van der Waals surface area (Å²) < 4.78 is 25.9. The molecule has 0 bridgehead atoms. The number of hydrogen-bond donors (Lipinski definition) is 1. The zero-order valence-electron chi connectivity index (χ0n) is 10.9. The molecule has 0 unspecified atom stereocenters. The number of rotatable bonds is 7. The van der Waals surface area contributed by atoms with Crippen molar-refractivity contribution in [3.05, 3.63) is 18.3 Å². The minimum Gasteiger partial charge on any atom is -0.370 e. The summed E-state index contributed by atoms with van der Waals surface area (Å²) in [4.78, 5) is 4.34. The lowest BCUT2D eigenvalue weighted by Crippen LogP contribution is -2.29. The average Bonchev–Trinajstić information content (AvgIpc) is 2.36. The van der Waals surface area contributed by atoms with E-state index in [-0.39, 0.29) is 4.90 Å². The molecule has 0 atom stereocenters. The van der Waals surface area contributed by atoms with E-state index in [1.165, 1.54) is 16.6 Å². The van der Waals surface area contributed by atoms with E-state index in [1.54, 1.807) is 24.9 Å². The minimum atomic E-state index is -3.41. The minimum absolute atomic E-state index is 0.275. The van der Waals surface area contributed by atoms with Gasteiger partial charge in [0.05, 0.1) is 4.90 Å². The second-order valence-electron chi connectivity index (χ2n) is 3.73. The number of thioether (sulfide) groups is 1. The molecule has 1 heterocycles. The topological polar surface area (TPSA) is 62.3 Å². The molecule has 0 aliphatic carbocycles. The van der Waals surface area contributed by atoms with Crippen LogP contribution >= 0.6 is 11.8 Å². The molecule has 0 spiro atoms. The highest BCUT2D eigenvalue weighted by Crippen LogP contribution is 2.16. The lowest BCUT2D eigenvalue weighted by atomic mass is 10.4. The summed E-state index contributed by atoms with van der Waals surface area (Å²) >= 11 is 1.62. The van der Waals surface area contributed by atoms with E-state index in [9.17, 15) is 8.42 Å². The van der Waals surface area contributed by atoms with Crippen LogP contribution in [-0.4, -0.2) is 49.9 Å². The maximum absolute atomic E-state index is 12.3. The number of anilines is 1. The van der Waals surface area contributed by atoms with E-state index in [4.69, 9.17) is 0 Å². The zero-order valence-corrected chi connectivity index (χ0v) is 12.5. The lowest BCUT2D eigenvalue weighted by molar-refractivity contribution is 0.488. The van der Waals surface area contributed by atoms with Crippen LogP contribution in [0.15, 0.2) is 23.2 Å². The highest BCUT2D eigenvalue weighted by Gasteiger charge is 2.20. The van der Waals surface area contributed by atoms with Crippen LogP contribution in [0.25, 0.3) is 0 Å². The third-order valence-corrected chi connectivity index (χ3v) is 4.85. The maximum atomic E-state index is 12.3. The molecule has 0 aliphatic heterocycles. The van der Waals surface area contributed by atoms with Gasteiger partial charge in [0.15, 0.2) is 0 Å². The largest absolute Gasteiger partial charge is 0.370 e. The van der Waals surface area contributed by atoms with Gasteiger partial charge < -0.3 is 5.32 Å². The van der Waals surface area contributed by atoms with Gasteiger partial charge in [-0.3, -0.25) is 0 Å². The smallest absolute Gasteiger partial charge is 0.243 e. The highest BCUT2D eigenvalue weighted by atomic mass is 32.2. The molecule has 1 aromatic rings. The van der Waals surface area contributed by atoms with Crippen LogP contribution in [0.3, 0.4) is 0 Å². The van der Waals surface area contributed by atoms with Crippen molar-refractivity contribution in [2.75, 3.05) is 37.5 Å². The Bertz CT molecular complexity index is 477. The van der Waals surface area contributed by atoms with Crippen LogP contribution < -0.4 is 5.32 Å². The fraction of sp³-hybridized carbons (Fsp3) is 0.545. The fourth-order valence-electron chi connectivity index (χ4n) is 1.37. The molecule has 0 fully saturated rings. The van der Waals surface area contributed by atoms with E-state index in [2.05, 4.69) is 10.3 Å². The predicted molar refractivity (Wildman–Crippen MR) is 76.6 cm³/mol. The third kappa shape index (κ3) is 3.86. The second kappa shape index (κ2) is 6.96. The van der Waals surface area contributed by atoms with Gasteiger partial charge in [-0.1, -0.05) is 0 Å². The number of nitrogens with zero attached hydrogens (tertiary/aromatic N) is 2. The molecule has 18 heavy (non-hydrogen) atoms. The second-order valence-corrected chi connectivity index (χ2v) is 6.76. The first-order chi connectivity index (χ1) is 8.52. The average molecular weight is 289 g/mol. The number of nitrogens with one attached hydrogen (secondary N) is 1. The molecule has 0 saturated heterocycles. The molecule has 5 nitrogen and oxygen atoms in total. The van der Waals surface area contributed by atoms with Crippen molar-refractivity contribution >= 4 is 27.6 Å². The SMILES string of the molecule is CCNc1cc(S(=O)(=O)N(C)CCSC)ccn1. The van der Waals surface area contributed by atoms with Gasteiger partial charge in [-0.15, -0.1) is 0 Å². The van der Waals surface area contributed by atoms with Gasteiger partial charge in [0, 0.05) is 38.2 Å². The van der Waals surface area contributed by atoms with Crippen LogP contribution in [0.2, 0.25) is 0 Å². The summed E-state index contributed by atoms with van der Waals surface area (Å²) in [5, 5.41) is 3.00. The monoisotopic (exact) mass is 289 g/mol. The summed E-state index contributed by atoms with van der Waals surface area (Å²) in [7, 11) is -1.82. The molecule has 1 N–H and O–H groups in total. The van der Waals surface area contributed by atoms with E-state index in [0.29, 0.717) is 18.9 Å². The van der Waals surface area contributed by atoms with Crippen molar-refractivity contribution in [3.8, 4) is 0 Å². The lowest BCUT2D eigenvalue weighted by Gasteiger charge is -2.17. The van der Waals surface area contributed by atoms with Crippen LogP contribution in [0.1, 0.15) is 6.92 Å². The van der Waals surface area contributed by atoms with Gasteiger partial charge >= 0.3 is 0 Å². The molecule has 0 aliphatic rings. The summed E-state index contributed by atoms with van der Waals surface area (Å²) in [6, 6.07) is 3.08. The normalized spacial score (nSPS) is 11.8. The van der Waals surface area contributed by atoms with Crippen LogP contribution in [0, 0.1) is 0 Å². The number of hydrogen-bond acceptors (Lipinski definition) is 5. The van der Waals surface area contributed by atoms with E-state index >= 15 is 0 Å². The quantitative estimate of drug-likeness (QED) is 0.824. The Morgan fingerprint density at radius 1 is 1.50 bits per heavy atom. The van der Waals surface area contributed by atoms with Gasteiger partial charge in [-0.25, -0.2) is 17.7 Å². The van der Waals surface area contributed by atoms with Crippen molar-refractivity contribution in [1.29, 1.82) is 0 Å². The Morgan fingerprint density at radius 2 is 2.22 bits per heavy atom. The van der Waals surface area contributed by atoms with Crippen molar-refractivity contribution in [2.24, 2.45) is 0 Å². The first kappa shape index (κ1) is 15.3. The molecule has 0 aromatic carbocycles. The van der Waals surface area contributed by atoms with Crippen molar-refractivity contribution in [2.45, 2.75) is 11.8 Å². The Kier molecular flexibility index (Phi) is 5.90. The van der Waals surface area contributed by atoms with Gasteiger partial charge in [-0.05, 0) is 19.2 Å². The van der Waals surface area contributed by atoms with E-state index in [0.717, 1.165) is 5.75 Å². The molecule has 102 valence electrons. The summed E-state index contributed by atoms with van der Waals surface area (Å²) in [6.45, 7) is 3.15. The van der Waals surface area contributed by atoms with Gasteiger partial charge in [-0.2, -0.15) is 11.8 Å². The highest BCUT2D eigenvalue weighted by molar-refractivity contribution is 7.98. The molecule has 0 saturated carbocycles. The molecule has 7 heteroatoms. The Balaban J connectivity index is 2.93. The van der Waals surface area contributed by atoms with Gasteiger partial charge in [0.25, 0.3) is 0 Å². The van der Waals surface area contributed by atoms with Crippen molar-refractivity contribution in [1.82, 2.24) is 9.29 Å². The molecule has 0 radical (unpaired) electrons. The zero-order chi connectivity index (χ0) is 13.6. The van der Waals surface area contributed by atoms with E-state index in [1.807, 2.05) is 13.2 Å². The molecular formula is C11H19N3O2S2. The molecule has 0 amide bonds. The molecule has 1 aromatic heterocycles. The number of pyridine rings is 1. The Morgan fingerprint density at radius 3 is 2.83 bits per heavy atom. The fourth-order valence-corrected chi connectivity index (χ4v) is 3.13. The van der Waals surface area contributed by atoms with Gasteiger partial charge in [0.2, 0.25) is 10.0 Å². The third-order valence-electron chi connectivity index (χ3n) is 2.41. The summed E-state index contributed by atoms with van der Waals surface area (Å²) in [5.74, 6) is 1.36. The van der Waals surface area contributed by atoms with Gasteiger partial charge in [0.1, 0.15) is 5.82 Å². The summed E-state index contributed by atoms with van der Waals surface area (Å²) in [5.41, 5.74) is 0. The molecular weight excluding hydrogens is 270 g/mol. The number of sulfonamides is 1. The first-order valence-corrected chi connectivity index (χ1v) is 8.51. The number of aromatic nitrogens is 1. The Labute approximate surface area is 113 Å². The first-order valence-electron chi connectivity index (χ1n) is 5.67.